The number of hydrogen-bond acceptors (Lipinski definition) is 9. The van der Waals surface area contributed by atoms with Crippen molar-refractivity contribution in [1.29, 1.82) is 0 Å². The fraction of sp³-hybridized carbons (Fsp3) is 0.756. The molecule has 1 aliphatic rings. The van der Waals surface area contributed by atoms with Crippen molar-refractivity contribution in [3.8, 4) is 0 Å². The topological polar surface area (TPSA) is 141 Å². The first kappa shape index (κ1) is 47.4. The molecule has 2 rings (SSSR count). The molecule has 1 heterocycles. The van der Waals surface area contributed by atoms with E-state index in [0.717, 1.165) is 12.8 Å². The number of rotatable bonds is 21. The number of amides is 4. The van der Waals surface area contributed by atoms with Crippen molar-refractivity contribution < 1.29 is 33.8 Å². The number of nitrogens with one attached hydrogen (secondary N) is 2. The Morgan fingerprint density at radius 3 is 2.04 bits per heavy atom. The SMILES string of the molecule is CCC(C)[C@@H]([C@@H](CC(=O)N1CCC[C@H]1[C@H](OC)[C@@H](C)C(=O)N[C@H](C)[C@@H](O)c1ccccc1)OC)N(C)C(=O)[C@@H](NC(=O)[C@H](C(C)C)N(C)C(C)S)C(C)C. The first-order valence-corrected chi connectivity index (χ1v) is 20.2. The Labute approximate surface area is 330 Å². The van der Waals surface area contributed by atoms with E-state index in [2.05, 4.69) is 23.3 Å². The quantitative estimate of drug-likeness (QED) is 0.106. The Hall–Kier alpha value is -2.71. The van der Waals surface area contributed by atoms with Gasteiger partial charge in [-0.3, -0.25) is 24.1 Å². The van der Waals surface area contributed by atoms with E-state index in [9.17, 15) is 24.3 Å². The van der Waals surface area contributed by atoms with Gasteiger partial charge in [-0.15, -0.1) is 0 Å². The Morgan fingerprint density at radius 2 is 1.54 bits per heavy atom. The number of carbonyl (C=O) groups excluding carboxylic acids is 4. The lowest BCUT2D eigenvalue weighted by molar-refractivity contribution is -0.148. The van der Waals surface area contributed by atoms with Crippen LogP contribution in [0.3, 0.4) is 0 Å². The van der Waals surface area contributed by atoms with Gasteiger partial charge in [-0.1, -0.05) is 85.2 Å². The number of methoxy groups -OCH3 is 2. The monoisotopic (exact) mass is 778 g/mol. The molecule has 0 radical (unpaired) electrons. The van der Waals surface area contributed by atoms with Crippen LogP contribution in [0.25, 0.3) is 0 Å². The molecule has 0 bridgehead atoms. The molecule has 12 nitrogen and oxygen atoms in total. The van der Waals surface area contributed by atoms with Crippen molar-refractivity contribution in [2.75, 3.05) is 34.9 Å². The molecular weight excluding hydrogens is 707 g/mol. The Bertz CT molecular complexity index is 1330. The number of thiol groups is 1. The van der Waals surface area contributed by atoms with Crippen molar-refractivity contribution in [2.24, 2.45) is 23.7 Å². The van der Waals surface area contributed by atoms with Crippen molar-refractivity contribution in [1.82, 2.24) is 25.3 Å². The van der Waals surface area contributed by atoms with E-state index in [0.29, 0.717) is 18.5 Å². The van der Waals surface area contributed by atoms with Crippen molar-refractivity contribution in [3.05, 3.63) is 35.9 Å². The number of carbonyl (C=O) groups is 4. The van der Waals surface area contributed by atoms with E-state index < -0.39 is 48.4 Å². The van der Waals surface area contributed by atoms with Gasteiger partial charge in [0.25, 0.3) is 0 Å². The number of likely N-dealkylation sites (tertiary alicyclic amines) is 1. The summed E-state index contributed by atoms with van der Waals surface area (Å²) in [5.41, 5.74) is 0.709. The third kappa shape index (κ3) is 12.1. The highest BCUT2D eigenvalue weighted by molar-refractivity contribution is 7.80. The minimum absolute atomic E-state index is 0.0115. The second-order valence-corrected chi connectivity index (χ2v) is 16.7. The minimum atomic E-state index is -0.880. The smallest absolute Gasteiger partial charge is 0.245 e. The maximum atomic E-state index is 14.3. The van der Waals surface area contributed by atoms with Gasteiger partial charge in [-0.2, -0.15) is 12.6 Å². The van der Waals surface area contributed by atoms with Crippen LogP contribution in [0.2, 0.25) is 0 Å². The van der Waals surface area contributed by atoms with E-state index in [-0.39, 0.29) is 59.2 Å². The lowest BCUT2D eigenvalue weighted by Crippen LogP contribution is -2.60. The van der Waals surface area contributed by atoms with Crippen LogP contribution >= 0.6 is 12.6 Å². The van der Waals surface area contributed by atoms with Crippen molar-refractivity contribution in [2.45, 2.75) is 142 Å². The second-order valence-electron chi connectivity index (χ2n) is 16.0. The fourth-order valence-corrected chi connectivity index (χ4v) is 7.99. The number of benzene rings is 1. The van der Waals surface area contributed by atoms with Crippen LogP contribution in [0.1, 0.15) is 99.7 Å². The first-order valence-electron chi connectivity index (χ1n) is 19.7. The van der Waals surface area contributed by atoms with Gasteiger partial charge in [0.2, 0.25) is 23.6 Å². The Kier molecular flexibility index (Phi) is 19.4. The molecule has 1 saturated heterocycles. The molecule has 0 aromatic heterocycles. The van der Waals surface area contributed by atoms with E-state index in [1.54, 1.807) is 44.9 Å². The zero-order valence-corrected chi connectivity index (χ0v) is 36.0. The molecule has 11 atom stereocenters. The average molecular weight is 778 g/mol. The highest BCUT2D eigenvalue weighted by atomic mass is 32.1. The summed E-state index contributed by atoms with van der Waals surface area (Å²) in [6, 6.07) is 6.57. The zero-order chi connectivity index (χ0) is 41.0. The molecule has 0 saturated carbocycles. The third-order valence-corrected chi connectivity index (χ3v) is 11.8. The highest BCUT2D eigenvalue weighted by Gasteiger charge is 2.43. The number of likely N-dealkylation sites (N-methyl/N-ethyl adjacent to an activating group) is 2. The van der Waals surface area contributed by atoms with Gasteiger partial charge in [-0.25, -0.2) is 0 Å². The Morgan fingerprint density at radius 1 is 0.926 bits per heavy atom. The van der Waals surface area contributed by atoms with Crippen molar-refractivity contribution in [3.63, 3.8) is 0 Å². The van der Waals surface area contributed by atoms with E-state index >= 15 is 0 Å². The summed E-state index contributed by atoms with van der Waals surface area (Å²) in [4.78, 5) is 61.0. The maximum absolute atomic E-state index is 14.3. The molecule has 1 fully saturated rings. The zero-order valence-electron chi connectivity index (χ0n) is 35.1. The summed E-state index contributed by atoms with van der Waals surface area (Å²) in [6.07, 6.45) is 0.0914. The number of ether oxygens (including phenoxy) is 2. The van der Waals surface area contributed by atoms with E-state index in [1.807, 2.05) is 90.7 Å². The van der Waals surface area contributed by atoms with Gasteiger partial charge >= 0.3 is 0 Å². The number of nitrogens with zero attached hydrogens (tertiary/aromatic N) is 3. The number of aliphatic hydroxyl groups excluding tert-OH is 1. The number of aliphatic hydroxyl groups is 1. The van der Waals surface area contributed by atoms with Crippen LogP contribution < -0.4 is 10.6 Å². The fourth-order valence-electron chi connectivity index (χ4n) is 7.84. The van der Waals surface area contributed by atoms with Crippen LogP contribution in [-0.4, -0.2) is 126 Å². The maximum Gasteiger partial charge on any atom is 0.245 e. The van der Waals surface area contributed by atoms with Gasteiger partial charge in [0.05, 0.1) is 60.2 Å². The normalized spacial score (nSPS) is 20.4. The highest BCUT2D eigenvalue weighted by Crippen LogP contribution is 2.30. The first-order chi connectivity index (χ1) is 25.3. The molecule has 0 spiro atoms. The third-order valence-electron chi connectivity index (χ3n) is 11.4. The predicted molar refractivity (Wildman–Crippen MR) is 217 cm³/mol. The number of hydrogen-bond donors (Lipinski definition) is 4. The molecule has 2 unspecified atom stereocenters. The second kappa shape index (κ2) is 22.1. The molecule has 4 amide bonds. The summed E-state index contributed by atoms with van der Waals surface area (Å²) in [6.45, 7) is 17.8. The molecule has 3 N–H and O–H groups in total. The largest absolute Gasteiger partial charge is 0.386 e. The standard InChI is InChI=1S/C41H71N5O7S/c1-14-26(6)36(45(11)41(51)34(24(2)3)43-40(50)35(25(4)5)44(10)29(9)54)32(52-12)23-33(47)46-22-18-21-31(46)38(53-13)27(7)39(49)42-28(8)37(48)30-19-16-15-17-20-30/h15-17,19-20,24-29,31-32,34-38,48,54H,14,18,21-23H2,1-13H3,(H,42,49)(H,43,50)/t26?,27-,28-,29?,31+,32-,34+,35+,36+,37-,38-/m1/s1. The molecule has 1 aliphatic heterocycles. The summed E-state index contributed by atoms with van der Waals surface area (Å²) >= 11 is 4.54. The van der Waals surface area contributed by atoms with E-state index in [1.165, 1.54) is 0 Å². The summed E-state index contributed by atoms with van der Waals surface area (Å²) in [5, 5.41) is 16.7. The Balaban J connectivity index is 2.27. The molecule has 54 heavy (non-hydrogen) atoms. The average Bonchev–Trinajstić information content (AvgIpc) is 3.62. The minimum Gasteiger partial charge on any atom is -0.386 e. The molecule has 0 aliphatic carbocycles. The van der Waals surface area contributed by atoms with Crippen LogP contribution in [0, 0.1) is 23.7 Å². The molecule has 308 valence electrons. The van der Waals surface area contributed by atoms with Gasteiger partial charge in [-0.05, 0) is 57.1 Å². The van der Waals surface area contributed by atoms with Gasteiger partial charge in [0.1, 0.15) is 6.04 Å². The van der Waals surface area contributed by atoms with Gasteiger partial charge < -0.3 is 35.0 Å². The lowest BCUT2D eigenvalue weighted by Gasteiger charge is -2.41. The van der Waals surface area contributed by atoms with Crippen LogP contribution in [-0.2, 0) is 28.7 Å². The summed E-state index contributed by atoms with van der Waals surface area (Å²) in [5.74, 6) is -1.73. The van der Waals surface area contributed by atoms with Gasteiger partial charge in [0, 0.05) is 27.8 Å². The molecule has 13 heteroatoms. The predicted octanol–water partition coefficient (Wildman–Crippen LogP) is 4.52. The summed E-state index contributed by atoms with van der Waals surface area (Å²) < 4.78 is 12.0. The lowest BCUT2D eigenvalue weighted by atomic mass is 9.89. The van der Waals surface area contributed by atoms with Gasteiger partial charge in [0.15, 0.2) is 0 Å². The van der Waals surface area contributed by atoms with Crippen LogP contribution in [0.15, 0.2) is 30.3 Å². The van der Waals surface area contributed by atoms with Crippen molar-refractivity contribution >= 4 is 36.3 Å². The van der Waals surface area contributed by atoms with Crippen LogP contribution in [0.4, 0.5) is 0 Å². The molecular formula is C41H71N5O7S. The summed E-state index contributed by atoms with van der Waals surface area (Å²) in [7, 11) is 6.70. The molecule has 1 aromatic rings. The van der Waals surface area contributed by atoms with E-state index in [4.69, 9.17) is 9.47 Å². The molecule has 1 aromatic carbocycles. The van der Waals surface area contributed by atoms with Crippen LogP contribution in [0.5, 0.6) is 0 Å².